The van der Waals surface area contributed by atoms with E-state index in [0.29, 0.717) is 17.8 Å². The first-order chi connectivity index (χ1) is 13.6. The summed E-state index contributed by atoms with van der Waals surface area (Å²) in [5.74, 6) is 0.0201. The van der Waals surface area contributed by atoms with E-state index in [0.717, 1.165) is 63.2 Å². The quantitative estimate of drug-likeness (QED) is 0.740. The Kier molecular flexibility index (Phi) is 8.94. The van der Waals surface area contributed by atoms with E-state index in [1.54, 1.807) is 0 Å². The van der Waals surface area contributed by atoms with Crippen molar-refractivity contribution in [2.45, 2.75) is 51.6 Å². The minimum atomic E-state index is 0. The van der Waals surface area contributed by atoms with Crippen LogP contribution in [0.1, 0.15) is 53.5 Å². The Morgan fingerprint density at radius 1 is 1.10 bits per heavy atom. The maximum Gasteiger partial charge on any atom is 0.276 e. The number of piperidine rings is 2. The zero-order valence-corrected chi connectivity index (χ0v) is 19.3. The number of amides is 1. The molecular weight excluding hydrogens is 423 g/mol. The van der Waals surface area contributed by atoms with Crippen LogP contribution < -0.4 is 10.6 Å². The highest BCUT2D eigenvalue weighted by molar-refractivity contribution is 5.93. The predicted molar refractivity (Wildman–Crippen MR) is 124 cm³/mol. The summed E-state index contributed by atoms with van der Waals surface area (Å²) >= 11 is 0. The molecule has 2 saturated heterocycles. The van der Waals surface area contributed by atoms with Crippen molar-refractivity contribution in [2.75, 3.05) is 31.5 Å². The maximum atomic E-state index is 13.0. The van der Waals surface area contributed by atoms with Crippen molar-refractivity contribution in [3.05, 3.63) is 41.2 Å². The molecule has 2 aliphatic rings. The van der Waals surface area contributed by atoms with E-state index >= 15 is 0 Å². The van der Waals surface area contributed by atoms with Crippen LogP contribution in [-0.4, -0.2) is 58.0 Å². The fourth-order valence-electron chi connectivity index (χ4n) is 4.28. The van der Waals surface area contributed by atoms with E-state index in [9.17, 15) is 4.79 Å². The second-order valence-electron chi connectivity index (χ2n) is 8.03. The van der Waals surface area contributed by atoms with Gasteiger partial charge in [-0.1, -0.05) is 17.3 Å². The molecule has 7 nitrogen and oxygen atoms in total. The number of aryl methyl sites for hydroxylation is 1. The lowest BCUT2D eigenvalue weighted by Crippen LogP contribution is -2.42. The molecule has 1 amide bonds. The number of nitrogens with zero attached hydrogens (tertiary/aromatic N) is 4. The average molecular weight is 455 g/mol. The number of hydrogen-bond donors (Lipinski definition) is 2. The molecule has 2 aliphatic heterocycles. The van der Waals surface area contributed by atoms with Crippen LogP contribution in [0, 0.1) is 13.8 Å². The largest absolute Gasteiger partial charge is 0.382 e. The molecule has 2 N–H and O–H groups in total. The van der Waals surface area contributed by atoms with Gasteiger partial charge in [-0.3, -0.25) is 4.79 Å². The molecule has 9 heteroatoms. The van der Waals surface area contributed by atoms with E-state index < -0.39 is 0 Å². The standard InChI is InChI=1S/C21H30N6O.2ClH/c1-15-4-3-5-18(14-15)23-17-8-12-26(13-9-17)21(28)20-16(2)27(25-24-20)19-6-10-22-11-7-19;;/h3-5,14,17,19,22-23H,6-13H2,1-2H3;2*1H. The molecule has 166 valence electrons. The maximum absolute atomic E-state index is 13.0. The van der Waals surface area contributed by atoms with Gasteiger partial charge in [0.25, 0.3) is 5.91 Å². The van der Waals surface area contributed by atoms with Crippen LogP contribution in [0.4, 0.5) is 5.69 Å². The molecule has 3 heterocycles. The zero-order chi connectivity index (χ0) is 19.5. The van der Waals surface area contributed by atoms with Crippen molar-refractivity contribution in [1.82, 2.24) is 25.2 Å². The molecular formula is C21H32Cl2N6O. The van der Waals surface area contributed by atoms with E-state index in [2.05, 4.69) is 52.1 Å². The molecule has 0 atom stereocenters. The lowest BCUT2D eigenvalue weighted by atomic mass is 10.0. The highest BCUT2D eigenvalue weighted by atomic mass is 35.5. The summed E-state index contributed by atoms with van der Waals surface area (Å²) in [6, 6.07) is 9.20. The molecule has 1 aromatic heterocycles. The van der Waals surface area contributed by atoms with Gasteiger partial charge in [0.2, 0.25) is 0 Å². The molecule has 0 radical (unpaired) electrons. The summed E-state index contributed by atoms with van der Waals surface area (Å²) in [6.45, 7) is 7.57. The molecule has 30 heavy (non-hydrogen) atoms. The van der Waals surface area contributed by atoms with Crippen LogP contribution in [0.15, 0.2) is 24.3 Å². The van der Waals surface area contributed by atoms with Crippen molar-refractivity contribution < 1.29 is 4.79 Å². The third kappa shape index (κ3) is 5.45. The molecule has 0 aliphatic carbocycles. The molecule has 0 saturated carbocycles. The highest BCUT2D eigenvalue weighted by Crippen LogP contribution is 2.23. The number of anilines is 1. The van der Waals surface area contributed by atoms with Crippen molar-refractivity contribution in [1.29, 1.82) is 0 Å². The number of aromatic nitrogens is 3. The van der Waals surface area contributed by atoms with Crippen LogP contribution >= 0.6 is 24.8 Å². The van der Waals surface area contributed by atoms with Gasteiger partial charge in [0.1, 0.15) is 0 Å². The predicted octanol–water partition coefficient (Wildman–Crippen LogP) is 3.38. The van der Waals surface area contributed by atoms with Gasteiger partial charge in [0.05, 0.1) is 11.7 Å². The lowest BCUT2D eigenvalue weighted by Gasteiger charge is -2.32. The first-order valence-electron chi connectivity index (χ1n) is 10.4. The van der Waals surface area contributed by atoms with E-state index in [1.165, 1.54) is 5.56 Å². The van der Waals surface area contributed by atoms with Crippen LogP contribution in [0.5, 0.6) is 0 Å². The number of carbonyl (C=O) groups is 1. The molecule has 4 rings (SSSR count). The summed E-state index contributed by atoms with van der Waals surface area (Å²) < 4.78 is 1.96. The van der Waals surface area contributed by atoms with Gasteiger partial charge in [-0.25, -0.2) is 4.68 Å². The summed E-state index contributed by atoms with van der Waals surface area (Å²) in [5.41, 5.74) is 3.83. The molecule has 0 unspecified atom stereocenters. The monoisotopic (exact) mass is 454 g/mol. The number of rotatable bonds is 4. The number of hydrogen-bond acceptors (Lipinski definition) is 5. The van der Waals surface area contributed by atoms with Gasteiger partial charge < -0.3 is 15.5 Å². The summed E-state index contributed by atoms with van der Waals surface area (Å²) in [6.07, 6.45) is 3.96. The number of likely N-dealkylation sites (tertiary alicyclic amines) is 1. The Morgan fingerprint density at radius 3 is 2.47 bits per heavy atom. The first-order valence-corrected chi connectivity index (χ1v) is 10.4. The van der Waals surface area contributed by atoms with Crippen LogP contribution in [-0.2, 0) is 0 Å². The second-order valence-corrected chi connectivity index (χ2v) is 8.03. The van der Waals surface area contributed by atoms with E-state index in [1.807, 2.05) is 16.5 Å². The van der Waals surface area contributed by atoms with E-state index in [4.69, 9.17) is 0 Å². The van der Waals surface area contributed by atoms with Crippen LogP contribution in [0.25, 0.3) is 0 Å². The number of nitrogens with one attached hydrogen (secondary N) is 2. The first kappa shape index (κ1) is 24.4. The molecule has 0 bridgehead atoms. The smallest absolute Gasteiger partial charge is 0.276 e. The van der Waals surface area contributed by atoms with Gasteiger partial charge in [-0.2, -0.15) is 0 Å². The molecule has 2 fully saturated rings. The van der Waals surface area contributed by atoms with Gasteiger partial charge in [-0.05, 0) is 70.3 Å². The van der Waals surface area contributed by atoms with Crippen molar-refractivity contribution in [3.63, 3.8) is 0 Å². The van der Waals surface area contributed by atoms with Gasteiger partial charge in [0.15, 0.2) is 5.69 Å². The molecule has 0 spiro atoms. The Balaban J connectivity index is 0.00000160. The molecule has 2 aromatic rings. The van der Waals surface area contributed by atoms with Gasteiger partial charge in [0, 0.05) is 24.8 Å². The topological polar surface area (TPSA) is 75.1 Å². The normalized spacial score (nSPS) is 17.7. The SMILES string of the molecule is Cc1cccc(NC2CCN(C(=O)c3nnn(C4CCNCC4)c3C)CC2)c1.Cl.Cl. The van der Waals surface area contributed by atoms with E-state index in [-0.39, 0.29) is 30.7 Å². The summed E-state index contributed by atoms with van der Waals surface area (Å²) in [7, 11) is 0. The van der Waals surface area contributed by atoms with Crippen molar-refractivity contribution >= 4 is 36.4 Å². The highest BCUT2D eigenvalue weighted by Gasteiger charge is 2.28. The van der Waals surface area contributed by atoms with Crippen molar-refractivity contribution in [2.24, 2.45) is 0 Å². The fourth-order valence-corrected chi connectivity index (χ4v) is 4.28. The molecule has 1 aromatic carbocycles. The summed E-state index contributed by atoms with van der Waals surface area (Å²) in [4.78, 5) is 14.9. The Morgan fingerprint density at radius 2 is 1.80 bits per heavy atom. The Hall–Kier alpha value is -1.83. The Bertz CT molecular complexity index is 829. The third-order valence-corrected chi connectivity index (χ3v) is 5.96. The number of benzene rings is 1. The minimum Gasteiger partial charge on any atom is -0.382 e. The zero-order valence-electron chi connectivity index (χ0n) is 17.6. The van der Waals surface area contributed by atoms with Crippen LogP contribution in [0.2, 0.25) is 0 Å². The van der Waals surface area contributed by atoms with Crippen LogP contribution in [0.3, 0.4) is 0 Å². The average Bonchev–Trinajstić information content (AvgIpc) is 3.10. The lowest BCUT2D eigenvalue weighted by molar-refractivity contribution is 0.0711. The van der Waals surface area contributed by atoms with Gasteiger partial charge in [-0.15, -0.1) is 29.9 Å². The summed E-state index contributed by atoms with van der Waals surface area (Å²) in [5, 5.41) is 15.5. The second kappa shape index (κ2) is 11.0. The van der Waals surface area contributed by atoms with Crippen molar-refractivity contribution in [3.8, 4) is 0 Å². The van der Waals surface area contributed by atoms with Gasteiger partial charge >= 0.3 is 0 Å². The third-order valence-electron chi connectivity index (χ3n) is 5.96. The number of carbonyl (C=O) groups excluding carboxylic acids is 1. The number of halogens is 2. The fraction of sp³-hybridized carbons (Fsp3) is 0.571. The minimum absolute atomic E-state index is 0. The Labute approximate surface area is 190 Å².